The molecule has 1 saturated heterocycles. The molecule has 1 aliphatic heterocycles. The second-order valence-corrected chi connectivity index (χ2v) is 6.34. The summed E-state index contributed by atoms with van der Waals surface area (Å²) in [4.78, 5) is 2.31. The van der Waals surface area contributed by atoms with E-state index in [0.717, 1.165) is 30.3 Å². The Labute approximate surface area is 150 Å². The van der Waals surface area contributed by atoms with Crippen LogP contribution in [0.3, 0.4) is 0 Å². The third-order valence-corrected chi connectivity index (χ3v) is 4.62. The number of hydrogen-bond donors (Lipinski definition) is 1. The first-order chi connectivity index (χ1) is 12.7. The van der Waals surface area contributed by atoms with Gasteiger partial charge in [-0.2, -0.15) is 4.52 Å². The Kier molecular flexibility index (Phi) is 4.77. The average Bonchev–Trinajstić information content (AvgIpc) is 3.03. The summed E-state index contributed by atoms with van der Waals surface area (Å²) in [6.45, 7) is 5.49. The highest BCUT2D eigenvalue weighted by atomic mass is 19.1. The molecule has 1 N–H and O–H groups in total. The van der Waals surface area contributed by atoms with Crippen molar-refractivity contribution in [2.45, 2.75) is 13.0 Å². The standard InChI is InChI=1S/C18H21FN6O/c1-13-21-22-18-6-5-17(23-25(13)18)20-12-16(24-7-9-26-10-8-24)14-3-2-4-15(19)11-14/h2-6,11,16H,7-10,12H2,1H3,(H,20,23). The lowest BCUT2D eigenvalue weighted by atomic mass is 10.0. The average molecular weight is 356 g/mol. The van der Waals surface area contributed by atoms with Crippen molar-refractivity contribution >= 4 is 11.5 Å². The Morgan fingerprint density at radius 2 is 2.04 bits per heavy atom. The van der Waals surface area contributed by atoms with Crippen LogP contribution in [0.15, 0.2) is 36.4 Å². The summed E-state index contributed by atoms with van der Waals surface area (Å²) in [5, 5.41) is 16.0. The second-order valence-electron chi connectivity index (χ2n) is 6.34. The fourth-order valence-corrected chi connectivity index (χ4v) is 3.25. The zero-order valence-corrected chi connectivity index (χ0v) is 14.6. The van der Waals surface area contributed by atoms with Gasteiger partial charge in [-0.3, -0.25) is 4.90 Å². The molecule has 3 heterocycles. The molecule has 0 saturated carbocycles. The van der Waals surface area contributed by atoms with Gasteiger partial charge in [-0.1, -0.05) is 12.1 Å². The zero-order valence-electron chi connectivity index (χ0n) is 14.6. The SMILES string of the molecule is Cc1nnc2ccc(NCC(c3cccc(F)c3)N3CCOCC3)nn12. The number of anilines is 1. The molecule has 2 aromatic heterocycles. The quantitative estimate of drug-likeness (QED) is 0.755. The van der Waals surface area contributed by atoms with E-state index in [1.165, 1.54) is 6.07 Å². The van der Waals surface area contributed by atoms with Crippen molar-refractivity contribution in [1.29, 1.82) is 0 Å². The zero-order chi connectivity index (χ0) is 17.9. The Hall–Kier alpha value is -2.58. The van der Waals surface area contributed by atoms with Gasteiger partial charge in [-0.15, -0.1) is 15.3 Å². The fraction of sp³-hybridized carbons (Fsp3) is 0.389. The van der Waals surface area contributed by atoms with Crippen LogP contribution in [-0.4, -0.2) is 57.6 Å². The maximum atomic E-state index is 13.7. The molecular formula is C18H21FN6O. The molecule has 0 aliphatic carbocycles. The highest BCUT2D eigenvalue weighted by Crippen LogP contribution is 2.23. The molecule has 4 rings (SSSR count). The molecule has 3 aromatic rings. The number of morpholine rings is 1. The molecule has 8 heteroatoms. The van der Waals surface area contributed by atoms with Crippen molar-refractivity contribution in [1.82, 2.24) is 24.7 Å². The number of aromatic nitrogens is 4. The van der Waals surface area contributed by atoms with Gasteiger partial charge in [-0.05, 0) is 36.8 Å². The van der Waals surface area contributed by atoms with Gasteiger partial charge in [0.15, 0.2) is 11.5 Å². The first kappa shape index (κ1) is 16.9. The monoisotopic (exact) mass is 356 g/mol. The van der Waals surface area contributed by atoms with Gasteiger partial charge < -0.3 is 10.1 Å². The third kappa shape index (κ3) is 3.51. The van der Waals surface area contributed by atoms with Gasteiger partial charge in [0.2, 0.25) is 0 Å². The van der Waals surface area contributed by atoms with E-state index in [-0.39, 0.29) is 11.9 Å². The smallest absolute Gasteiger partial charge is 0.178 e. The maximum Gasteiger partial charge on any atom is 0.178 e. The van der Waals surface area contributed by atoms with Gasteiger partial charge in [-0.25, -0.2) is 4.39 Å². The van der Waals surface area contributed by atoms with E-state index in [0.29, 0.717) is 25.4 Å². The molecule has 1 aromatic carbocycles. The van der Waals surface area contributed by atoms with Crippen molar-refractivity contribution in [2.75, 3.05) is 38.2 Å². The molecule has 0 radical (unpaired) electrons. The molecule has 1 fully saturated rings. The van der Waals surface area contributed by atoms with Crippen LogP contribution in [0, 0.1) is 12.7 Å². The summed E-state index contributed by atoms with van der Waals surface area (Å²) in [5.74, 6) is 1.24. The summed E-state index contributed by atoms with van der Waals surface area (Å²) in [7, 11) is 0. The Morgan fingerprint density at radius 1 is 1.19 bits per heavy atom. The van der Waals surface area contributed by atoms with E-state index < -0.39 is 0 Å². The normalized spacial score (nSPS) is 16.7. The summed E-state index contributed by atoms with van der Waals surface area (Å²) < 4.78 is 20.9. The first-order valence-corrected chi connectivity index (χ1v) is 8.71. The molecular weight excluding hydrogens is 335 g/mol. The van der Waals surface area contributed by atoms with E-state index in [2.05, 4.69) is 25.5 Å². The van der Waals surface area contributed by atoms with Crippen LogP contribution >= 0.6 is 0 Å². The van der Waals surface area contributed by atoms with Crippen LogP contribution < -0.4 is 5.32 Å². The van der Waals surface area contributed by atoms with Crippen molar-refractivity contribution in [3.63, 3.8) is 0 Å². The van der Waals surface area contributed by atoms with E-state index in [1.54, 1.807) is 16.6 Å². The van der Waals surface area contributed by atoms with E-state index >= 15 is 0 Å². The van der Waals surface area contributed by atoms with Crippen LogP contribution in [0.25, 0.3) is 5.65 Å². The molecule has 26 heavy (non-hydrogen) atoms. The predicted molar refractivity (Wildman–Crippen MR) is 95.5 cm³/mol. The first-order valence-electron chi connectivity index (χ1n) is 8.71. The topological polar surface area (TPSA) is 67.6 Å². The molecule has 1 unspecified atom stereocenters. The Morgan fingerprint density at radius 3 is 2.85 bits per heavy atom. The lowest BCUT2D eigenvalue weighted by Gasteiger charge is -2.35. The molecule has 1 aliphatic rings. The Bertz CT molecular complexity index is 892. The number of nitrogens with one attached hydrogen (secondary N) is 1. The van der Waals surface area contributed by atoms with Crippen molar-refractivity contribution in [3.05, 3.63) is 53.6 Å². The molecule has 136 valence electrons. The van der Waals surface area contributed by atoms with Crippen molar-refractivity contribution < 1.29 is 9.13 Å². The van der Waals surface area contributed by atoms with Crippen LogP contribution in [0.1, 0.15) is 17.4 Å². The number of rotatable bonds is 5. The lowest BCUT2D eigenvalue weighted by Crippen LogP contribution is -2.41. The van der Waals surface area contributed by atoms with Gasteiger partial charge in [0.1, 0.15) is 11.6 Å². The molecule has 7 nitrogen and oxygen atoms in total. The number of halogens is 1. The maximum absolute atomic E-state index is 13.7. The number of ether oxygens (including phenoxy) is 1. The van der Waals surface area contributed by atoms with Crippen molar-refractivity contribution in [3.8, 4) is 0 Å². The highest BCUT2D eigenvalue weighted by Gasteiger charge is 2.23. The van der Waals surface area contributed by atoms with Crippen molar-refractivity contribution in [2.24, 2.45) is 0 Å². The van der Waals surface area contributed by atoms with Crippen LogP contribution in [-0.2, 0) is 4.74 Å². The number of aryl methyl sites for hydroxylation is 1. The minimum atomic E-state index is -0.222. The largest absolute Gasteiger partial charge is 0.379 e. The number of hydrogen-bond acceptors (Lipinski definition) is 6. The fourth-order valence-electron chi connectivity index (χ4n) is 3.25. The minimum Gasteiger partial charge on any atom is -0.379 e. The van der Waals surface area contributed by atoms with Gasteiger partial charge in [0, 0.05) is 19.6 Å². The van der Waals surface area contributed by atoms with E-state index in [9.17, 15) is 4.39 Å². The minimum absolute atomic E-state index is 0.0362. The summed E-state index contributed by atoms with van der Waals surface area (Å²) in [5.41, 5.74) is 1.66. The second kappa shape index (κ2) is 7.35. The number of benzene rings is 1. The van der Waals surface area contributed by atoms with Gasteiger partial charge >= 0.3 is 0 Å². The Balaban J connectivity index is 1.56. The third-order valence-electron chi connectivity index (χ3n) is 4.62. The molecule has 0 amide bonds. The number of nitrogens with zero attached hydrogens (tertiary/aromatic N) is 5. The summed E-state index contributed by atoms with van der Waals surface area (Å²) in [6.07, 6.45) is 0. The lowest BCUT2D eigenvalue weighted by molar-refractivity contribution is 0.0186. The predicted octanol–water partition coefficient (Wildman–Crippen LogP) is 2.06. The van der Waals surface area contributed by atoms with Gasteiger partial charge in [0.25, 0.3) is 0 Å². The van der Waals surface area contributed by atoms with Crippen LogP contribution in [0.4, 0.5) is 10.2 Å². The summed E-state index contributed by atoms with van der Waals surface area (Å²) in [6, 6.07) is 10.6. The molecule has 0 bridgehead atoms. The van der Waals surface area contributed by atoms with Crippen LogP contribution in [0.5, 0.6) is 0 Å². The summed E-state index contributed by atoms with van der Waals surface area (Å²) >= 11 is 0. The van der Waals surface area contributed by atoms with E-state index in [4.69, 9.17) is 4.74 Å². The van der Waals surface area contributed by atoms with E-state index in [1.807, 2.05) is 25.1 Å². The molecule has 1 atom stereocenters. The highest BCUT2D eigenvalue weighted by molar-refractivity contribution is 5.44. The molecule has 0 spiro atoms. The van der Waals surface area contributed by atoms with Crippen LogP contribution in [0.2, 0.25) is 0 Å². The van der Waals surface area contributed by atoms with Gasteiger partial charge in [0.05, 0.1) is 19.3 Å². The number of fused-ring (bicyclic) bond motifs is 1.